The third-order valence-corrected chi connectivity index (χ3v) is 2.79. The van der Waals surface area contributed by atoms with Gasteiger partial charge < -0.3 is 0 Å². The molecule has 18 heavy (non-hydrogen) atoms. The molecule has 0 N–H and O–H groups in total. The summed E-state index contributed by atoms with van der Waals surface area (Å²) in [5.74, 6) is 0. The normalized spacial score (nSPS) is 8.11. The van der Waals surface area contributed by atoms with Gasteiger partial charge in [0.2, 0.25) is 0 Å². The SMILES string of the molecule is CC.CC.Cc1cccc(-c2ncsc2C)c1.I. The van der Waals surface area contributed by atoms with E-state index in [0.29, 0.717) is 0 Å². The predicted octanol–water partition coefficient (Wildman–Crippen LogP) is 6.10. The first-order valence-corrected chi connectivity index (χ1v) is 7.12. The van der Waals surface area contributed by atoms with E-state index >= 15 is 0 Å². The summed E-state index contributed by atoms with van der Waals surface area (Å²) < 4.78 is 0. The van der Waals surface area contributed by atoms with Gasteiger partial charge in [0.15, 0.2) is 0 Å². The van der Waals surface area contributed by atoms with E-state index in [9.17, 15) is 0 Å². The number of nitrogens with zero attached hydrogens (tertiary/aromatic N) is 1. The third kappa shape index (κ3) is 5.96. The monoisotopic (exact) mass is 377 g/mol. The zero-order valence-electron chi connectivity index (χ0n) is 12.2. The van der Waals surface area contributed by atoms with Crippen LogP contribution < -0.4 is 0 Å². The highest BCUT2D eigenvalue weighted by atomic mass is 127. The van der Waals surface area contributed by atoms with Crippen LogP contribution in [0.2, 0.25) is 0 Å². The highest BCUT2D eigenvalue weighted by molar-refractivity contribution is 14.0. The van der Waals surface area contributed by atoms with Gasteiger partial charge in [-0.05, 0) is 19.9 Å². The van der Waals surface area contributed by atoms with Crippen LogP contribution in [-0.2, 0) is 0 Å². The first kappa shape index (κ1) is 19.9. The smallest absolute Gasteiger partial charge is 0.0840 e. The molecule has 0 amide bonds. The van der Waals surface area contributed by atoms with E-state index in [4.69, 9.17) is 0 Å². The van der Waals surface area contributed by atoms with E-state index in [0.717, 1.165) is 5.69 Å². The maximum Gasteiger partial charge on any atom is 0.0840 e. The van der Waals surface area contributed by atoms with Crippen molar-refractivity contribution in [1.29, 1.82) is 0 Å². The molecule has 0 saturated heterocycles. The summed E-state index contributed by atoms with van der Waals surface area (Å²) in [6.07, 6.45) is 0. The number of halogens is 1. The minimum absolute atomic E-state index is 0. The fourth-order valence-corrected chi connectivity index (χ4v) is 1.97. The molecule has 1 aromatic carbocycles. The number of aryl methyl sites for hydroxylation is 2. The minimum atomic E-state index is 0. The summed E-state index contributed by atoms with van der Waals surface area (Å²) in [5, 5.41) is 0. The van der Waals surface area contributed by atoms with Crippen molar-refractivity contribution in [2.75, 3.05) is 0 Å². The molecule has 0 unspecified atom stereocenters. The molecule has 1 nitrogen and oxygen atoms in total. The van der Waals surface area contributed by atoms with Gasteiger partial charge in [0, 0.05) is 10.4 Å². The summed E-state index contributed by atoms with van der Waals surface area (Å²) in [4.78, 5) is 5.63. The standard InChI is InChI=1S/C11H11NS.2C2H6.HI/c1-8-4-3-5-10(6-8)11-9(2)13-7-12-11;2*1-2;/h3-7H,1-2H3;2*1-2H3;1H. The molecule has 0 spiro atoms. The van der Waals surface area contributed by atoms with E-state index in [1.165, 1.54) is 16.0 Å². The highest BCUT2D eigenvalue weighted by Crippen LogP contribution is 2.24. The number of thiazole rings is 1. The molecular formula is C15H24INS. The van der Waals surface area contributed by atoms with E-state index < -0.39 is 0 Å². The molecule has 2 aromatic rings. The van der Waals surface area contributed by atoms with Crippen LogP contribution in [0.1, 0.15) is 38.1 Å². The zero-order valence-corrected chi connectivity index (χ0v) is 15.3. The Labute approximate surface area is 133 Å². The number of hydrogen-bond donors (Lipinski definition) is 0. The highest BCUT2D eigenvalue weighted by Gasteiger charge is 2.03. The lowest BCUT2D eigenvalue weighted by molar-refractivity contribution is 1.36. The van der Waals surface area contributed by atoms with Crippen LogP contribution in [0.25, 0.3) is 11.3 Å². The fourth-order valence-electron chi connectivity index (χ4n) is 1.37. The Kier molecular flexibility index (Phi) is 12.9. The molecule has 2 rings (SSSR count). The van der Waals surface area contributed by atoms with Crippen molar-refractivity contribution < 1.29 is 0 Å². The van der Waals surface area contributed by atoms with Gasteiger partial charge in [-0.3, -0.25) is 0 Å². The third-order valence-electron chi connectivity index (χ3n) is 2.04. The summed E-state index contributed by atoms with van der Waals surface area (Å²) in [6.45, 7) is 12.2. The second-order valence-corrected chi connectivity index (χ2v) is 4.19. The Bertz CT molecular complexity index is 424. The van der Waals surface area contributed by atoms with Crippen LogP contribution >= 0.6 is 35.3 Å². The lowest BCUT2D eigenvalue weighted by Gasteiger charge is -1.99. The van der Waals surface area contributed by atoms with Crippen molar-refractivity contribution in [2.45, 2.75) is 41.5 Å². The second-order valence-electron chi connectivity index (χ2n) is 3.13. The summed E-state index contributed by atoms with van der Waals surface area (Å²) in [5.41, 5.74) is 5.52. The van der Waals surface area contributed by atoms with Gasteiger partial charge in [-0.15, -0.1) is 35.3 Å². The number of aromatic nitrogens is 1. The molecule has 0 atom stereocenters. The van der Waals surface area contributed by atoms with Crippen molar-refractivity contribution in [2.24, 2.45) is 0 Å². The molecule has 0 aliphatic rings. The maximum atomic E-state index is 4.35. The average molecular weight is 377 g/mol. The quantitative estimate of drug-likeness (QED) is 0.548. The molecule has 0 saturated carbocycles. The molecule has 102 valence electrons. The lowest BCUT2D eigenvalue weighted by atomic mass is 10.1. The molecule has 1 heterocycles. The van der Waals surface area contributed by atoms with Gasteiger partial charge in [-0.1, -0.05) is 51.5 Å². The molecule has 0 radical (unpaired) electrons. The Morgan fingerprint density at radius 2 is 1.61 bits per heavy atom. The topological polar surface area (TPSA) is 12.9 Å². The van der Waals surface area contributed by atoms with Crippen molar-refractivity contribution in [3.05, 3.63) is 40.2 Å². The zero-order chi connectivity index (χ0) is 13.3. The van der Waals surface area contributed by atoms with Crippen molar-refractivity contribution in [3.8, 4) is 11.3 Å². The first-order valence-electron chi connectivity index (χ1n) is 6.24. The van der Waals surface area contributed by atoms with Crippen LogP contribution in [0.3, 0.4) is 0 Å². The fraction of sp³-hybridized carbons (Fsp3) is 0.400. The molecule has 0 aliphatic carbocycles. The Balaban J connectivity index is 0. The van der Waals surface area contributed by atoms with Crippen LogP contribution in [-0.4, -0.2) is 4.98 Å². The van der Waals surface area contributed by atoms with Gasteiger partial charge in [-0.2, -0.15) is 0 Å². The summed E-state index contributed by atoms with van der Waals surface area (Å²) in [7, 11) is 0. The van der Waals surface area contributed by atoms with Crippen LogP contribution in [0.5, 0.6) is 0 Å². The largest absolute Gasteiger partial charge is 0.244 e. The van der Waals surface area contributed by atoms with Crippen LogP contribution in [0, 0.1) is 13.8 Å². The summed E-state index contributed by atoms with van der Waals surface area (Å²) in [6, 6.07) is 8.45. The van der Waals surface area contributed by atoms with E-state index in [-0.39, 0.29) is 24.0 Å². The van der Waals surface area contributed by atoms with Gasteiger partial charge >= 0.3 is 0 Å². The maximum absolute atomic E-state index is 4.35. The summed E-state index contributed by atoms with van der Waals surface area (Å²) >= 11 is 1.69. The Morgan fingerprint density at radius 1 is 1.00 bits per heavy atom. The van der Waals surface area contributed by atoms with Gasteiger partial charge in [-0.25, -0.2) is 4.98 Å². The van der Waals surface area contributed by atoms with Crippen molar-refractivity contribution in [1.82, 2.24) is 4.98 Å². The Hall–Kier alpha value is -0.420. The lowest BCUT2D eigenvalue weighted by Crippen LogP contribution is -1.80. The van der Waals surface area contributed by atoms with Crippen LogP contribution in [0.4, 0.5) is 0 Å². The number of benzene rings is 1. The molecule has 3 heteroatoms. The van der Waals surface area contributed by atoms with Crippen molar-refractivity contribution >= 4 is 35.3 Å². The average Bonchev–Trinajstić information content (AvgIpc) is 2.81. The van der Waals surface area contributed by atoms with Gasteiger partial charge in [0.05, 0.1) is 11.2 Å². The number of hydrogen-bond acceptors (Lipinski definition) is 2. The molecule has 0 bridgehead atoms. The number of rotatable bonds is 1. The Morgan fingerprint density at radius 3 is 2.06 bits per heavy atom. The van der Waals surface area contributed by atoms with Gasteiger partial charge in [0.25, 0.3) is 0 Å². The van der Waals surface area contributed by atoms with E-state index in [1.807, 2.05) is 33.2 Å². The molecule has 1 aromatic heterocycles. The second kappa shape index (κ2) is 11.7. The van der Waals surface area contributed by atoms with E-state index in [1.54, 1.807) is 11.3 Å². The molecule has 0 aliphatic heterocycles. The first-order chi connectivity index (χ1) is 8.27. The molecule has 0 fully saturated rings. The predicted molar refractivity (Wildman–Crippen MR) is 95.1 cm³/mol. The van der Waals surface area contributed by atoms with Crippen LogP contribution in [0.15, 0.2) is 29.8 Å². The van der Waals surface area contributed by atoms with Gasteiger partial charge in [0.1, 0.15) is 0 Å². The minimum Gasteiger partial charge on any atom is -0.244 e. The van der Waals surface area contributed by atoms with Crippen molar-refractivity contribution in [3.63, 3.8) is 0 Å². The van der Waals surface area contributed by atoms with E-state index in [2.05, 4.69) is 43.1 Å². The molecular weight excluding hydrogens is 353 g/mol.